The van der Waals surface area contributed by atoms with E-state index >= 15 is 0 Å². The largest absolute Gasteiger partial charge is 0.493 e. The highest BCUT2D eigenvalue weighted by Crippen LogP contribution is 2.30. The Hall–Kier alpha value is -2.91. The van der Waals surface area contributed by atoms with E-state index in [4.69, 9.17) is 9.47 Å². The third-order valence-corrected chi connectivity index (χ3v) is 7.65. The standard InChI is InChI=1S/C24H31N3O5S/c1-18-12-14-21(15-13-18)33(29,30)27(20-9-5-4-6-10-20)17-23(28)26-25-16-19-8-7-11-22(31-2)24(19)32-3/h7-8,11-16,20H,4-6,9-10,17H2,1-3H3,(H,26,28)/b25-16+. The Balaban J connectivity index is 1.77. The number of para-hydroxylation sites is 1. The number of rotatable bonds is 9. The van der Waals surface area contributed by atoms with Crippen LogP contribution in [0.1, 0.15) is 43.2 Å². The molecule has 0 bridgehead atoms. The van der Waals surface area contributed by atoms with Crippen molar-refractivity contribution in [2.75, 3.05) is 20.8 Å². The van der Waals surface area contributed by atoms with Gasteiger partial charge in [0.2, 0.25) is 10.0 Å². The zero-order chi connectivity index (χ0) is 23.8. The number of carbonyl (C=O) groups is 1. The summed E-state index contributed by atoms with van der Waals surface area (Å²) in [5.41, 5.74) is 4.04. The van der Waals surface area contributed by atoms with Gasteiger partial charge in [-0.05, 0) is 44.0 Å². The van der Waals surface area contributed by atoms with Crippen LogP contribution in [0.25, 0.3) is 0 Å². The highest BCUT2D eigenvalue weighted by Gasteiger charge is 2.33. The molecule has 0 aromatic heterocycles. The van der Waals surface area contributed by atoms with Gasteiger partial charge in [-0.25, -0.2) is 13.8 Å². The molecule has 9 heteroatoms. The molecule has 8 nitrogen and oxygen atoms in total. The number of hydrazone groups is 1. The smallest absolute Gasteiger partial charge is 0.255 e. The van der Waals surface area contributed by atoms with Crippen LogP contribution < -0.4 is 14.9 Å². The van der Waals surface area contributed by atoms with Crippen LogP contribution in [0, 0.1) is 6.92 Å². The van der Waals surface area contributed by atoms with E-state index in [1.165, 1.54) is 24.7 Å². The number of hydrogen-bond acceptors (Lipinski definition) is 6. The van der Waals surface area contributed by atoms with Gasteiger partial charge in [0.1, 0.15) is 0 Å². The molecular formula is C24H31N3O5S. The zero-order valence-corrected chi connectivity index (χ0v) is 20.1. The summed E-state index contributed by atoms with van der Waals surface area (Å²) in [4.78, 5) is 12.9. The lowest BCUT2D eigenvalue weighted by Gasteiger charge is -2.32. The van der Waals surface area contributed by atoms with Crippen LogP contribution in [0.15, 0.2) is 52.5 Å². The Morgan fingerprint density at radius 3 is 2.42 bits per heavy atom. The van der Waals surface area contributed by atoms with Crippen LogP contribution >= 0.6 is 0 Å². The maximum atomic E-state index is 13.4. The summed E-state index contributed by atoms with van der Waals surface area (Å²) in [6, 6.07) is 11.8. The molecule has 3 rings (SSSR count). The minimum absolute atomic E-state index is 0.191. The molecule has 2 aromatic rings. The minimum atomic E-state index is -3.83. The fraction of sp³-hybridized carbons (Fsp3) is 0.417. The molecule has 1 N–H and O–H groups in total. The van der Waals surface area contributed by atoms with Gasteiger partial charge in [-0.1, -0.05) is 43.0 Å². The number of aryl methyl sites for hydroxylation is 1. The van der Waals surface area contributed by atoms with E-state index < -0.39 is 15.9 Å². The third-order valence-electron chi connectivity index (χ3n) is 5.74. The predicted octanol–water partition coefficient (Wildman–Crippen LogP) is 3.49. The predicted molar refractivity (Wildman–Crippen MR) is 127 cm³/mol. The van der Waals surface area contributed by atoms with Crippen LogP contribution in [0.5, 0.6) is 11.5 Å². The first-order chi connectivity index (χ1) is 15.9. The Morgan fingerprint density at radius 1 is 1.09 bits per heavy atom. The van der Waals surface area contributed by atoms with Gasteiger partial charge in [0.25, 0.3) is 5.91 Å². The van der Waals surface area contributed by atoms with Crippen LogP contribution in [0.3, 0.4) is 0 Å². The number of amides is 1. The number of benzene rings is 2. The lowest BCUT2D eigenvalue weighted by atomic mass is 9.95. The fourth-order valence-corrected chi connectivity index (χ4v) is 5.63. The van der Waals surface area contributed by atoms with Crippen LogP contribution in [-0.4, -0.2) is 51.7 Å². The molecule has 0 spiro atoms. The summed E-state index contributed by atoms with van der Waals surface area (Å²) in [6.45, 7) is 1.60. The van der Waals surface area contributed by atoms with Gasteiger partial charge in [-0.3, -0.25) is 4.79 Å². The van der Waals surface area contributed by atoms with E-state index in [2.05, 4.69) is 10.5 Å². The first-order valence-corrected chi connectivity index (χ1v) is 12.4. The summed E-state index contributed by atoms with van der Waals surface area (Å²) in [5, 5.41) is 4.01. The molecule has 1 aliphatic rings. The summed E-state index contributed by atoms with van der Waals surface area (Å²) in [5.74, 6) is 0.526. The molecule has 0 radical (unpaired) electrons. The zero-order valence-electron chi connectivity index (χ0n) is 19.3. The number of ether oxygens (including phenoxy) is 2. The molecule has 33 heavy (non-hydrogen) atoms. The molecule has 1 saturated carbocycles. The quantitative estimate of drug-likeness (QED) is 0.444. The molecule has 2 aromatic carbocycles. The van der Waals surface area contributed by atoms with Gasteiger partial charge < -0.3 is 9.47 Å². The average molecular weight is 474 g/mol. The van der Waals surface area contributed by atoms with E-state index in [-0.39, 0.29) is 17.5 Å². The van der Waals surface area contributed by atoms with Gasteiger partial charge in [-0.2, -0.15) is 9.41 Å². The van der Waals surface area contributed by atoms with Crippen LogP contribution in [-0.2, 0) is 14.8 Å². The number of hydrogen-bond donors (Lipinski definition) is 1. The van der Waals surface area contributed by atoms with Gasteiger partial charge in [0.05, 0.1) is 31.9 Å². The summed E-state index contributed by atoms with van der Waals surface area (Å²) in [7, 11) is -0.769. The maximum absolute atomic E-state index is 13.4. The fourth-order valence-electron chi connectivity index (χ4n) is 3.99. The van der Waals surface area contributed by atoms with Gasteiger partial charge in [-0.15, -0.1) is 0 Å². The molecule has 0 atom stereocenters. The van der Waals surface area contributed by atoms with Crippen LogP contribution in [0.4, 0.5) is 0 Å². The van der Waals surface area contributed by atoms with Crippen molar-refractivity contribution in [3.8, 4) is 11.5 Å². The van der Waals surface area contributed by atoms with Crippen molar-refractivity contribution in [2.24, 2.45) is 5.10 Å². The number of carbonyl (C=O) groups excluding carboxylic acids is 1. The second kappa shape index (κ2) is 11.3. The van der Waals surface area contributed by atoms with Crippen molar-refractivity contribution in [3.05, 3.63) is 53.6 Å². The SMILES string of the molecule is COc1cccc(/C=N/NC(=O)CN(C2CCCCC2)S(=O)(=O)c2ccc(C)cc2)c1OC. The molecule has 0 aliphatic heterocycles. The molecule has 1 aliphatic carbocycles. The van der Waals surface area contributed by atoms with Gasteiger partial charge in [0, 0.05) is 11.6 Å². The van der Waals surface area contributed by atoms with E-state index in [1.807, 2.05) is 6.92 Å². The molecule has 178 valence electrons. The lowest BCUT2D eigenvalue weighted by molar-refractivity contribution is -0.121. The third kappa shape index (κ3) is 6.11. The number of methoxy groups -OCH3 is 2. The van der Waals surface area contributed by atoms with Crippen molar-refractivity contribution in [1.82, 2.24) is 9.73 Å². The molecule has 0 heterocycles. The van der Waals surface area contributed by atoms with Crippen molar-refractivity contribution in [3.63, 3.8) is 0 Å². The maximum Gasteiger partial charge on any atom is 0.255 e. The molecular weight excluding hydrogens is 442 g/mol. The highest BCUT2D eigenvalue weighted by atomic mass is 32.2. The van der Waals surface area contributed by atoms with Crippen molar-refractivity contribution in [1.29, 1.82) is 0 Å². The first-order valence-electron chi connectivity index (χ1n) is 11.0. The van der Waals surface area contributed by atoms with Crippen molar-refractivity contribution in [2.45, 2.75) is 50.0 Å². The van der Waals surface area contributed by atoms with E-state index in [0.717, 1.165) is 37.7 Å². The molecule has 1 amide bonds. The first kappa shape index (κ1) is 24.7. The topological polar surface area (TPSA) is 97.3 Å². The monoisotopic (exact) mass is 473 g/mol. The second-order valence-corrected chi connectivity index (χ2v) is 9.92. The summed E-state index contributed by atoms with van der Waals surface area (Å²) < 4.78 is 38.8. The van der Waals surface area contributed by atoms with Gasteiger partial charge in [0.15, 0.2) is 11.5 Å². The average Bonchev–Trinajstić information content (AvgIpc) is 2.83. The van der Waals surface area contributed by atoms with E-state index in [9.17, 15) is 13.2 Å². The molecule has 0 saturated heterocycles. The number of nitrogens with one attached hydrogen (secondary N) is 1. The Labute approximate surface area is 195 Å². The van der Waals surface area contributed by atoms with Crippen LogP contribution in [0.2, 0.25) is 0 Å². The number of nitrogens with zero attached hydrogens (tertiary/aromatic N) is 2. The van der Waals surface area contributed by atoms with Crippen molar-refractivity contribution >= 4 is 22.1 Å². The number of sulfonamides is 1. The van der Waals surface area contributed by atoms with E-state index in [1.54, 1.807) is 42.5 Å². The Bertz CT molecular complexity index is 1080. The van der Waals surface area contributed by atoms with Crippen molar-refractivity contribution < 1.29 is 22.7 Å². The summed E-state index contributed by atoms with van der Waals surface area (Å²) >= 11 is 0. The van der Waals surface area contributed by atoms with E-state index in [0.29, 0.717) is 17.1 Å². The second-order valence-electron chi connectivity index (χ2n) is 8.03. The minimum Gasteiger partial charge on any atom is -0.493 e. The normalized spacial score (nSPS) is 15.0. The molecule has 0 unspecified atom stereocenters. The highest BCUT2D eigenvalue weighted by molar-refractivity contribution is 7.89. The molecule has 1 fully saturated rings. The summed E-state index contributed by atoms with van der Waals surface area (Å²) in [6.07, 6.45) is 5.89. The Morgan fingerprint density at radius 2 is 1.79 bits per heavy atom. The lowest BCUT2D eigenvalue weighted by Crippen LogP contribution is -2.46. The Kier molecular flexibility index (Phi) is 8.46. The van der Waals surface area contributed by atoms with Gasteiger partial charge >= 0.3 is 0 Å².